The van der Waals surface area contributed by atoms with Gasteiger partial charge in [-0.15, -0.1) is 0 Å². The summed E-state index contributed by atoms with van der Waals surface area (Å²) in [5, 5.41) is 21.7. The summed E-state index contributed by atoms with van der Waals surface area (Å²) in [4.78, 5) is 51.7. The van der Waals surface area contributed by atoms with E-state index in [4.69, 9.17) is 5.73 Å². The van der Waals surface area contributed by atoms with Crippen LogP contribution in [0.5, 0.6) is 0 Å². The molecule has 0 aromatic rings. The molecule has 2 fully saturated rings. The number of nitrogens with zero attached hydrogens (tertiary/aromatic N) is 2. The smallest absolute Gasteiger partial charge is 0.326 e. The third-order valence-electron chi connectivity index (χ3n) is 5.10. The molecule has 2 aliphatic rings. The molecule has 5 N–H and O–H groups in total. The molecule has 2 heterocycles. The van der Waals surface area contributed by atoms with Crippen LogP contribution in [0.1, 0.15) is 39.5 Å². The number of carboxylic acids is 1. The lowest BCUT2D eigenvalue weighted by molar-refractivity contribution is -0.152. The molecule has 5 unspecified atom stereocenters. The number of aliphatic hydroxyl groups excluding tert-OH is 1. The zero-order valence-corrected chi connectivity index (χ0v) is 15.6. The fourth-order valence-corrected chi connectivity index (χ4v) is 3.62. The van der Waals surface area contributed by atoms with Gasteiger partial charge in [0.15, 0.2) is 0 Å². The van der Waals surface area contributed by atoms with Gasteiger partial charge in [-0.05, 0) is 39.5 Å². The van der Waals surface area contributed by atoms with Crippen molar-refractivity contribution in [2.24, 2.45) is 5.73 Å². The van der Waals surface area contributed by atoms with Gasteiger partial charge in [0.25, 0.3) is 0 Å². The largest absolute Gasteiger partial charge is 0.480 e. The Bertz CT molecular complexity index is 608. The fraction of sp³-hybridized carbons (Fsp3) is 0.765. The highest BCUT2D eigenvalue weighted by Gasteiger charge is 2.44. The predicted octanol–water partition coefficient (Wildman–Crippen LogP) is -1.73. The molecule has 0 aliphatic carbocycles. The van der Waals surface area contributed by atoms with Gasteiger partial charge in [-0.3, -0.25) is 14.4 Å². The van der Waals surface area contributed by atoms with Gasteiger partial charge in [-0.25, -0.2) is 4.79 Å². The van der Waals surface area contributed by atoms with Gasteiger partial charge in [-0.2, -0.15) is 0 Å². The van der Waals surface area contributed by atoms with Crippen LogP contribution in [0.2, 0.25) is 0 Å². The molecule has 2 saturated heterocycles. The van der Waals surface area contributed by atoms with Crippen molar-refractivity contribution in [3.05, 3.63) is 0 Å². The number of carboxylic acid groups (broad SMARTS) is 1. The molecule has 0 aromatic heterocycles. The second-order valence-electron chi connectivity index (χ2n) is 7.23. The minimum absolute atomic E-state index is 0.304. The van der Waals surface area contributed by atoms with Gasteiger partial charge in [0, 0.05) is 13.1 Å². The minimum atomic E-state index is -1.22. The number of aliphatic hydroxyl groups is 1. The Hall–Kier alpha value is -2.20. The molecule has 2 aliphatic heterocycles. The molecule has 0 bridgehead atoms. The summed E-state index contributed by atoms with van der Waals surface area (Å²) in [5.41, 5.74) is 5.50. The second-order valence-corrected chi connectivity index (χ2v) is 7.23. The average molecular weight is 384 g/mol. The standard InChI is InChI=1S/C17H28N4O6/c1-9(18)14(23)19-13(10(2)22)16(25)20-7-3-5-11(20)15(24)21-8-4-6-12(21)17(26)27/h9-13,22H,3-8,18H2,1-2H3,(H,19,23)(H,26,27). The molecule has 10 heteroatoms. The number of aliphatic carboxylic acids is 1. The fourth-order valence-electron chi connectivity index (χ4n) is 3.62. The third-order valence-corrected chi connectivity index (χ3v) is 5.10. The van der Waals surface area contributed by atoms with Crippen molar-refractivity contribution >= 4 is 23.7 Å². The molecule has 0 saturated carbocycles. The van der Waals surface area contributed by atoms with E-state index < -0.39 is 54.0 Å². The van der Waals surface area contributed by atoms with E-state index >= 15 is 0 Å². The van der Waals surface area contributed by atoms with Gasteiger partial charge in [-0.1, -0.05) is 0 Å². The van der Waals surface area contributed by atoms with Crippen molar-refractivity contribution < 1.29 is 29.4 Å². The van der Waals surface area contributed by atoms with Gasteiger partial charge in [0.1, 0.15) is 18.1 Å². The van der Waals surface area contributed by atoms with Gasteiger partial charge >= 0.3 is 5.97 Å². The first kappa shape index (κ1) is 21.1. The monoisotopic (exact) mass is 384 g/mol. The molecule has 27 heavy (non-hydrogen) atoms. The number of nitrogens with two attached hydrogens (primary N) is 1. The van der Waals surface area contributed by atoms with Crippen molar-refractivity contribution in [2.75, 3.05) is 13.1 Å². The van der Waals surface area contributed by atoms with Crippen molar-refractivity contribution in [1.29, 1.82) is 0 Å². The van der Waals surface area contributed by atoms with Crippen LogP contribution in [0, 0.1) is 0 Å². The molecule has 3 amide bonds. The van der Waals surface area contributed by atoms with Crippen LogP contribution in [0.4, 0.5) is 0 Å². The molecular formula is C17H28N4O6. The Morgan fingerprint density at radius 1 is 1.04 bits per heavy atom. The zero-order chi connectivity index (χ0) is 20.3. The molecule has 0 spiro atoms. The number of hydrogen-bond acceptors (Lipinski definition) is 6. The SMILES string of the molecule is CC(N)C(=O)NC(C(=O)N1CCCC1C(=O)N1CCCC1C(=O)O)C(C)O. The Labute approximate surface area is 157 Å². The summed E-state index contributed by atoms with van der Waals surface area (Å²) >= 11 is 0. The van der Waals surface area contributed by atoms with E-state index in [2.05, 4.69) is 5.32 Å². The lowest BCUT2D eigenvalue weighted by Gasteiger charge is -2.33. The van der Waals surface area contributed by atoms with Crippen LogP contribution in [0.15, 0.2) is 0 Å². The second kappa shape index (κ2) is 8.66. The highest BCUT2D eigenvalue weighted by molar-refractivity contribution is 5.94. The highest BCUT2D eigenvalue weighted by Crippen LogP contribution is 2.25. The Morgan fingerprint density at radius 3 is 2.11 bits per heavy atom. The van der Waals surface area contributed by atoms with E-state index in [1.165, 1.54) is 23.6 Å². The number of nitrogens with one attached hydrogen (secondary N) is 1. The molecular weight excluding hydrogens is 356 g/mol. The maximum absolute atomic E-state index is 12.9. The summed E-state index contributed by atoms with van der Waals surface area (Å²) in [5.74, 6) is -2.60. The summed E-state index contributed by atoms with van der Waals surface area (Å²) < 4.78 is 0. The van der Waals surface area contributed by atoms with E-state index in [9.17, 15) is 29.4 Å². The average Bonchev–Trinajstić information content (AvgIpc) is 3.26. The summed E-state index contributed by atoms with van der Waals surface area (Å²) in [6, 6.07) is -3.73. The molecule has 5 atom stereocenters. The maximum Gasteiger partial charge on any atom is 0.326 e. The zero-order valence-electron chi connectivity index (χ0n) is 15.6. The van der Waals surface area contributed by atoms with Gasteiger partial charge in [0.05, 0.1) is 12.1 Å². The molecule has 152 valence electrons. The number of rotatable bonds is 6. The topological polar surface area (TPSA) is 153 Å². The van der Waals surface area contributed by atoms with Crippen molar-refractivity contribution in [2.45, 2.75) is 69.8 Å². The number of hydrogen-bond donors (Lipinski definition) is 4. The van der Waals surface area contributed by atoms with Crippen LogP contribution < -0.4 is 11.1 Å². The third kappa shape index (κ3) is 4.56. The van der Waals surface area contributed by atoms with Crippen LogP contribution in [-0.4, -0.2) is 87.1 Å². The first-order chi connectivity index (χ1) is 12.6. The van der Waals surface area contributed by atoms with Crippen LogP contribution in [0.3, 0.4) is 0 Å². The lowest BCUT2D eigenvalue weighted by Crippen LogP contribution is -2.59. The minimum Gasteiger partial charge on any atom is -0.480 e. The Balaban J connectivity index is 2.15. The van der Waals surface area contributed by atoms with Crippen LogP contribution >= 0.6 is 0 Å². The molecule has 0 aromatic carbocycles. The van der Waals surface area contributed by atoms with E-state index in [-0.39, 0.29) is 0 Å². The van der Waals surface area contributed by atoms with E-state index in [1.54, 1.807) is 0 Å². The van der Waals surface area contributed by atoms with E-state index in [1.807, 2.05) is 0 Å². The van der Waals surface area contributed by atoms with Crippen LogP contribution in [0.25, 0.3) is 0 Å². The summed E-state index contributed by atoms with van der Waals surface area (Å²) in [6.07, 6.45) is 0.824. The number of carbonyl (C=O) groups is 4. The molecule has 2 rings (SSSR count). The van der Waals surface area contributed by atoms with Crippen molar-refractivity contribution in [3.8, 4) is 0 Å². The summed E-state index contributed by atoms with van der Waals surface area (Å²) in [6.45, 7) is 3.48. The number of carbonyl (C=O) groups excluding carboxylic acids is 3. The summed E-state index contributed by atoms with van der Waals surface area (Å²) in [7, 11) is 0. The van der Waals surface area contributed by atoms with E-state index in [0.29, 0.717) is 38.8 Å². The number of amides is 3. The Kier molecular flexibility index (Phi) is 6.77. The first-order valence-electron chi connectivity index (χ1n) is 9.23. The maximum atomic E-state index is 12.9. The lowest BCUT2D eigenvalue weighted by atomic mass is 10.1. The number of likely N-dealkylation sites (tertiary alicyclic amines) is 2. The normalized spacial score (nSPS) is 25.8. The van der Waals surface area contributed by atoms with Crippen molar-refractivity contribution in [3.63, 3.8) is 0 Å². The van der Waals surface area contributed by atoms with Gasteiger partial charge in [0.2, 0.25) is 17.7 Å². The Morgan fingerprint density at radius 2 is 1.59 bits per heavy atom. The predicted molar refractivity (Wildman–Crippen MR) is 94.4 cm³/mol. The first-order valence-corrected chi connectivity index (χ1v) is 9.23. The highest BCUT2D eigenvalue weighted by atomic mass is 16.4. The quantitative estimate of drug-likeness (QED) is 0.424. The molecule has 10 nitrogen and oxygen atoms in total. The van der Waals surface area contributed by atoms with Crippen molar-refractivity contribution in [1.82, 2.24) is 15.1 Å². The molecule has 0 radical (unpaired) electrons. The van der Waals surface area contributed by atoms with Gasteiger partial charge < -0.3 is 31.1 Å². The van der Waals surface area contributed by atoms with E-state index in [0.717, 1.165) is 0 Å². The van der Waals surface area contributed by atoms with Crippen LogP contribution in [-0.2, 0) is 19.2 Å².